The molecule has 0 fully saturated rings. The third-order valence-electron chi connectivity index (χ3n) is 3.60. The van der Waals surface area contributed by atoms with Gasteiger partial charge < -0.3 is 20.7 Å². The van der Waals surface area contributed by atoms with E-state index >= 15 is 0 Å². The summed E-state index contributed by atoms with van der Waals surface area (Å²) in [7, 11) is 3.50. The van der Waals surface area contributed by atoms with Gasteiger partial charge in [-0.15, -0.1) is 12.4 Å². The molecule has 0 radical (unpaired) electrons. The average molecular weight is 350 g/mol. The van der Waals surface area contributed by atoms with Crippen molar-refractivity contribution in [1.29, 1.82) is 0 Å². The van der Waals surface area contributed by atoms with Crippen molar-refractivity contribution in [3.63, 3.8) is 0 Å². The summed E-state index contributed by atoms with van der Waals surface area (Å²) in [6, 6.07) is 15.3. The Hall–Kier alpha value is -2.24. The summed E-state index contributed by atoms with van der Waals surface area (Å²) >= 11 is 0. The Morgan fingerprint density at radius 2 is 1.79 bits per heavy atom. The highest BCUT2D eigenvalue weighted by Gasteiger charge is 2.11. The number of ether oxygens (including phenoxy) is 1. The quantitative estimate of drug-likeness (QED) is 0.718. The zero-order valence-electron chi connectivity index (χ0n) is 14.1. The van der Waals surface area contributed by atoms with Crippen LogP contribution in [0, 0.1) is 0 Å². The highest BCUT2D eigenvalue weighted by atomic mass is 35.5. The average Bonchev–Trinajstić information content (AvgIpc) is 2.60. The molecule has 0 aliphatic rings. The Morgan fingerprint density at radius 1 is 1.12 bits per heavy atom. The van der Waals surface area contributed by atoms with Crippen molar-refractivity contribution in [1.82, 2.24) is 10.6 Å². The van der Waals surface area contributed by atoms with Crippen molar-refractivity contribution in [3.05, 3.63) is 54.1 Å². The lowest BCUT2D eigenvalue weighted by molar-refractivity contribution is 0.0951. The van der Waals surface area contributed by atoms with Gasteiger partial charge in [0.1, 0.15) is 5.75 Å². The number of halogens is 1. The molecule has 1 unspecified atom stereocenters. The minimum atomic E-state index is -0.0938. The van der Waals surface area contributed by atoms with Crippen LogP contribution in [-0.2, 0) is 0 Å². The van der Waals surface area contributed by atoms with Gasteiger partial charge in [-0.1, -0.05) is 12.1 Å². The molecule has 0 saturated heterocycles. The first-order valence-corrected chi connectivity index (χ1v) is 7.59. The minimum absolute atomic E-state index is 0. The molecule has 130 valence electrons. The van der Waals surface area contributed by atoms with E-state index in [4.69, 9.17) is 4.74 Å². The molecular weight excluding hydrogens is 326 g/mol. The predicted molar refractivity (Wildman–Crippen MR) is 101 cm³/mol. The lowest BCUT2D eigenvalue weighted by Gasteiger charge is -2.14. The van der Waals surface area contributed by atoms with E-state index < -0.39 is 0 Å². The van der Waals surface area contributed by atoms with E-state index in [0.717, 1.165) is 17.1 Å². The Morgan fingerprint density at radius 3 is 2.42 bits per heavy atom. The molecule has 0 heterocycles. The van der Waals surface area contributed by atoms with Gasteiger partial charge in [0.25, 0.3) is 5.91 Å². The van der Waals surface area contributed by atoms with Gasteiger partial charge in [0, 0.05) is 18.3 Å². The summed E-state index contributed by atoms with van der Waals surface area (Å²) in [5, 5.41) is 9.30. The van der Waals surface area contributed by atoms with Gasteiger partial charge in [0.15, 0.2) is 0 Å². The number of hydrogen-bond donors (Lipinski definition) is 3. The number of likely N-dealkylation sites (N-methyl/N-ethyl adjacent to an activating group) is 1. The van der Waals surface area contributed by atoms with E-state index in [1.807, 2.05) is 62.5 Å². The molecule has 0 aromatic heterocycles. The highest BCUT2D eigenvalue weighted by molar-refractivity contribution is 6.00. The lowest BCUT2D eigenvalue weighted by atomic mass is 10.1. The molecule has 2 aromatic carbocycles. The summed E-state index contributed by atoms with van der Waals surface area (Å²) in [6.07, 6.45) is 0. The third kappa shape index (κ3) is 5.44. The van der Waals surface area contributed by atoms with Crippen molar-refractivity contribution >= 4 is 29.7 Å². The van der Waals surface area contributed by atoms with Gasteiger partial charge in [-0.2, -0.15) is 0 Å². The predicted octanol–water partition coefficient (Wildman–Crippen LogP) is 3.20. The number of carbonyl (C=O) groups excluding carboxylic acids is 1. The molecule has 0 spiro atoms. The molecule has 0 aliphatic carbocycles. The monoisotopic (exact) mass is 349 g/mol. The molecular formula is C18H24ClN3O2. The van der Waals surface area contributed by atoms with Crippen LogP contribution in [0.4, 0.5) is 11.4 Å². The summed E-state index contributed by atoms with van der Waals surface area (Å²) in [6.45, 7) is 2.59. The maximum atomic E-state index is 12.4. The molecule has 1 amide bonds. The molecule has 5 nitrogen and oxygen atoms in total. The maximum Gasteiger partial charge on any atom is 0.253 e. The van der Waals surface area contributed by atoms with Crippen LogP contribution in [0.2, 0.25) is 0 Å². The third-order valence-corrected chi connectivity index (χ3v) is 3.60. The van der Waals surface area contributed by atoms with Crippen LogP contribution < -0.4 is 20.7 Å². The number of para-hydroxylation sites is 1. The second-order valence-corrected chi connectivity index (χ2v) is 5.30. The molecule has 2 rings (SSSR count). The van der Waals surface area contributed by atoms with Crippen molar-refractivity contribution in [2.75, 3.05) is 26.0 Å². The molecule has 1 atom stereocenters. The summed E-state index contributed by atoms with van der Waals surface area (Å²) in [5.41, 5.74) is 2.29. The zero-order chi connectivity index (χ0) is 16.7. The molecule has 0 aliphatic heterocycles. The standard InChI is InChI=1S/C18H23N3O2.ClH/c1-13(19-2)12-20-18(22)16-6-4-5-7-17(16)21-14-8-10-15(23-3)11-9-14;/h4-11,13,19,21H,12H2,1-3H3,(H,20,22);1H. The smallest absolute Gasteiger partial charge is 0.253 e. The Kier molecular flexibility index (Phi) is 8.09. The minimum Gasteiger partial charge on any atom is -0.497 e. The van der Waals surface area contributed by atoms with Crippen molar-refractivity contribution in [3.8, 4) is 5.75 Å². The number of benzene rings is 2. The van der Waals surface area contributed by atoms with Crippen LogP contribution in [-0.4, -0.2) is 32.7 Å². The number of amides is 1. The summed E-state index contributed by atoms with van der Waals surface area (Å²) in [4.78, 5) is 12.4. The van der Waals surface area contributed by atoms with Gasteiger partial charge in [0.05, 0.1) is 18.4 Å². The number of methoxy groups -OCH3 is 1. The van der Waals surface area contributed by atoms with Gasteiger partial charge in [0.2, 0.25) is 0 Å². The molecule has 0 saturated carbocycles. The van der Waals surface area contributed by atoms with Gasteiger partial charge in [-0.3, -0.25) is 4.79 Å². The molecule has 2 aromatic rings. The van der Waals surface area contributed by atoms with Crippen molar-refractivity contribution in [2.45, 2.75) is 13.0 Å². The number of nitrogens with one attached hydrogen (secondary N) is 3. The highest BCUT2D eigenvalue weighted by Crippen LogP contribution is 2.22. The van der Waals surface area contributed by atoms with Crippen LogP contribution >= 0.6 is 12.4 Å². The second-order valence-electron chi connectivity index (χ2n) is 5.30. The first-order valence-electron chi connectivity index (χ1n) is 7.59. The fourth-order valence-electron chi connectivity index (χ4n) is 2.06. The van der Waals surface area contributed by atoms with Crippen LogP contribution in [0.1, 0.15) is 17.3 Å². The Bertz CT molecular complexity index is 647. The van der Waals surface area contributed by atoms with Crippen LogP contribution in [0.5, 0.6) is 5.75 Å². The van der Waals surface area contributed by atoms with Gasteiger partial charge in [-0.25, -0.2) is 0 Å². The number of hydrogen-bond acceptors (Lipinski definition) is 4. The van der Waals surface area contributed by atoms with Crippen LogP contribution in [0.15, 0.2) is 48.5 Å². The van der Waals surface area contributed by atoms with E-state index in [9.17, 15) is 4.79 Å². The van der Waals surface area contributed by atoms with E-state index in [1.165, 1.54) is 0 Å². The van der Waals surface area contributed by atoms with Crippen LogP contribution in [0.25, 0.3) is 0 Å². The summed E-state index contributed by atoms with van der Waals surface area (Å²) in [5.74, 6) is 0.700. The fourth-order valence-corrected chi connectivity index (χ4v) is 2.06. The normalized spacial score (nSPS) is 11.1. The number of carbonyl (C=O) groups is 1. The Labute approximate surface area is 149 Å². The fraction of sp³-hybridized carbons (Fsp3) is 0.278. The SMILES string of the molecule is CNC(C)CNC(=O)c1ccccc1Nc1ccc(OC)cc1.Cl. The second kappa shape index (κ2) is 9.80. The number of rotatable bonds is 7. The largest absolute Gasteiger partial charge is 0.497 e. The first kappa shape index (κ1) is 19.8. The van der Waals surface area contributed by atoms with Gasteiger partial charge >= 0.3 is 0 Å². The first-order chi connectivity index (χ1) is 11.1. The van der Waals surface area contributed by atoms with E-state index in [2.05, 4.69) is 16.0 Å². The lowest BCUT2D eigenvalue weighted by Crippen LogP contribution is -2.37. The van der Waals surface area contributed by atoms with Crippen LogP contribution in [0.3, 0.4) is 0 Å². The van der Waals surface area contributed by atoms with E-state index in [1.54, 1.807) is 7.11 Å². The molecule has 3 N–H and O–H groups in total. The molecule has 6 heteroatoms. The van der Waals surface area contributed by atoms with Gasteiger partial charge in [-0.05, 0) is 50.4 Å². The van der Waals surface area contributed by atoms with E-state index in [0.29, 0.717) is 12.1 Å². The van der Waals surface area contributed by atoms with Crippen molar-refractivity contribution < 1.29 is 9.53 Å². The summed E-state index contributed by atoms with van der Waals surface area (Å²) < 4.78 is 5.15. The number of anilines is 2. The van der Waals surface area contributed by atoms with Crippen molar-refractivity contribution in [2.24, 2.45) is 0 Å². The molecule has 24 heavy (non-hydrogen) atoms. The maximum absolute atomic E-state index is 12.4. The molecule has 0 bridgehead atoms. The van der Waals surface area contributed by atoms with E-state index in [-0.39, 0.29) is 24.4 Å². The zero-order valence-corrected chi connectivity index (χ0v) is 14.9. The Balaban J connectivity index is 0.00000288. The topological polar surface area (TPSA) is 62.4 Å².